The van der Waals surface area contributed by atoms with E-state index < -0.39 is 17.8 Å². The highest BCUT2D eigenvalue weighted by Crippen LogP contribution is 2.28. The monoisotopic (exact) mass is 562 g/mol. The molecule has 2 aromatic heterocycles. The topological polar surface area (TPSA) is 140 Å². The molecule has 2 amide bonds. The Bertz CT molecular complexity index is 1440. The largest absolute Gasteiger partial charge is 0.387 e. The lowest BCUT2D eigenvalue weighted by Gasteiger charge is -2.37. The number of nitriles is 1. The van der Waals surface area contributed by atoms with E-state index in [1.807, 2.05) is 13.8 Å². The highest BCUT2D eigenvalue weighted by atomic mass is 35.5. The minimum Gasteiger partial charge on any atom is -0.387 e. The Morgan fingerprint density at radius 3 is 2.63 bits per heavy atom. The molecule has 3 N–H and O–H groups in total. The van der Waals surface area contributed by atoms with E-state index in [-0.39, 0.29) is 68.6 Å². The molecule has 0 unspecified atom stereocenters. The van der Waals surface area contributed by atoms with Gasteiger partial charge in [-0.2, -0.15) is 5.26 Å². The van der Waals surface area contributed by atoms with Crippen LogP contribution in [0.15, 0.2) is 24.5 Å². The first kappa shape index (κ1) is 28.8. The molecule has 1 aliphatic heterocycles. The summed E-state index contributed by atoms with van der Waals surface area (Å²) in [5, 5.41) is 22.9. The van der Waals surface area contributed by atoms with E-state index in [4.69, 9.17) is 22.3 Å². The van der Waals surface area contributed by atoms with Crippen LogP contribution >= 0.6 is 23.9 Å². The number of amides is 2. The van der Waals surface area contributed by atoms with E-state index >= 15 is 0 Å². The Kier molecular flexibility index (Phi) is 9.24. The molecule has 4 rings (SSSR count). The lowest BCUT2D eigenvalue weighted by molar-refractivity contribution is -0.137. The minimum absolute atomic E-state index is 0.00759. The van der Waals surface area contributed by atoms with Crippen LogP contribution in [0.3, 0.4) is 0 Å². The van der Waals surface area contributed by atoms with Crippen LogP contribution < -0.4 is 10.6 Å². The number of carbonyl (C=O) groups excluding carboxylic acids is 2. The highest BCUT2D eigenvalue weighted by molar-refractivity contribution is 7.92. The molecule has 1 aromatic carbocycles. The quantitative estimate of drug-likeness (QED) is 0.367. The SMILES string of the molecule is CC.CNc1cc(Cl)cc(F)c1C(=N)c1cnc2c(n1)c(C(=O)N[C@H](C)C(=O)N1CC(C#N)C1)cn2SF. The van der Waals surface area contributed by atoms with Crippen LogP contribution in [-0.4, -0.2) is 62.5 Å². The number of nitrogens with one attached hydrogen (secondary N) is 3. The van der Waals surface area contributed by atoms with Crippen LogP contribution in [0.1, 0.15) is 42.4 Å². The second-order valence-corrected chi connectivity index (χ2v) is 9.03. The number of hydrogen-bond acceptors (Lipinski definition) is 8. The van der Waals surface area contributed by atoms with Crippen molar-refractivity contribution >= 4 is 58.3 Å². The van der Waals surface area contributed by atoms with E-state index in [0.717, 1.165) is 10.0 Å². The molecule has 1 atom stereocenters. The average molecular weight is 563 g/mol. The molecule has 10 nitrogen and oxygen atoms in total. The van der Waals surface area contributed by atoms with E-state index in [2.05, 4.69) is 26.7 Å². The molecule has 3 heterocycles. The zero-order valence-electron chi connectivity index (χ0n) is 21.0. The van der Waals surface area contributed by atoms with Crippen molar-refractivity contribution < 1.29 is 17.9 Å². The zero-order chi connectivity index (χ0) is 28.1. The predicted molar refractivity (Wildman–Crippen MR) is 142 cm³/mol. The first-order valence-electron chi connectivity index (χ1n) is 11.6. The van der Waals surface area contributed by atoms with Gasteiger partial charge in [-0.3, -0.25) is 15.0 Å². The molecule has 1 aliphatic rings. The molecule has 0 saturated carbocycles. The van der Waals surface area contributed by atoms with Crippen LogP contribution in [0.25, 0.3) is 11.2 Å². The predicted octanol–water partition coefficient (Wildman–Crippen LogP) is 4.19. The molecule has 0 radical (unpaired) electrons. The average Bonchev–Trinajstić information content (AvgIpc) is 3.26. The summed E-state index contributed by atoms with van der Waals surface area (Å²) in [4.78, 5) is 35.4. The number of halogens is 3. The second-order valence-electron chi connectivity index (χ2n) is 8.06. The van der Waals surface area contributed by atoms with Gasteiger partial charge in [0.1, 0.15) is 23.1 Å². The van der Waals surface area contributed by atoms with E-state index in [1.54, 1.807) is 7.05 Å². The van der Waals surface area contributed by atoms with Crippen LogP contribution in [0.2, 0.25) is 5.02 Å². The normalized spacial score (nSPS) is 13.6. The number of aromatic nitrogens is 3. The molecule has 3 aromatic rings. The molecular weight excluding hydrogens is 538 g/mol. The van der Waals surface area contributed by atoms with Crippen LogP contribution in [-0.2, 0) is 4.79 Å². The summed E-state index contributed by atoms with van der Waals surface area (Å²) >= 11 is 5.70. The minimum atomic E-state index is -0.913. The summed E-state index contributed by atoms with van der Waals surface area (Å²) in [6.45, 7) is 6.08. The number of likely N-dealkylation sites (tertiary alicyclic amines) is 1. The van der Waals surface area contributed by atoms with Gasteiger partial charge >= 0.3 is 0 Å². The number of anilines is 1. The van der Waals surface area contributed by atoms with Gasteiger partial charge in [-0.1, -0.05) is 25.4 Å². The lowest BCUT2D eigenvalue weighted by Crippen LogP contribution is -2.55. The van der Waals surface area contributed by atoms with Crippen molar-refractivity contribution in [2.75, 3.05) is 25.5 Å². The van der Waals surface area contributed by atoms with E-state index in [0.29, 0.717) is 13.1 Å². The number of carbonyl (C=O) groups is 2. The fourth-order valence-corrected chi connectivity index (χ4v) is 4.36. The number of hydrogen-bond donors (Lipinski definition) is 3. The zero-order valence-corrected chi connectivity index (χ0v) is 22.5. The van der Waals surface area contributed by atoms with Gasteiger partial charge in [0.15, 0.2) is 18.0 Å². The van der Waals surface area contributed by atoms with E-state index in [1.165, 1.54) is 30.3 Å². The molecule has 1 saturated heterocycles. The standard InChI is InChI=1S/C22H19ClF2N8O2S.C2H6/c1-10(22(35)32-7-11(5-26)8-32)30-21(34)13-9-33(36-25)20-19(13)31-16(6-29-20)18(27)17-14(24)3-12(23)4-15(17)28-2;1-2/h3-4,6,9-11,27-28H,7-8H2,1-2H3,(H,30,34);1-2H3/t10-;/m1./s1. The third kappa shape index (κ3) is 5.56. The molecule has 14 heteroatoms. The Labute approximate surface area is 227 Å². The summed E-state index contributed by atoms with van der Waals surface area (Å²) in [5.74, 6) is -2.05. The van der Waals surface area contributed by atoms with Gasteiger partial charge in [0, 0.05) is 37.0 Å². The number of fused-ring (bicyclic) bond motifs is 1. The molecule has 0 bridgehead atoms. The van der Waals surface area contributed by atoms with Crippen LogP contribution in [0.5, 0.6) is 0 Å². The smallest absolute Gasteiger partial charge is 0.255 e. The third-order valence-corrected chi connectivity index (χ3v) is 6.35. The van der Waals surface area contributed by atoms with Gasteiger partial charge in [0.05, 0.1) is 35.0 Å². The third-order valence-electron chi connectivity index (χ3n) is 5.71. The van der Waals surface area contributed by atoms with Crippen LogP contribution in [0, 0.1) is 28.5 Å². The number of rotatable bonds is 7. The van der Waals surface area contributed by atoms with Crippen molar-refractivity contribution in [3.05, 3.63) is 52.2 Å². The van der Waals surface area contributed by atoms with Gasteiger partial charge in [-0.25, -0.2) is 18.3 Å². The van der Waals surface area contributed by atoms with Gasteiger partial charge in [0.25, 0.3) is 5.91 Å². The van der Waals surface area contributed by atoms with Crippen molar-refractivity contribution in [2.45, 2.75) is 26.8 Å². The Balaban J connectivity index is 0.00000195. The van der Waals surface area contributed by atoms with Gasteiger partial charge < -0.3 is 15.5 Å². The summed E-state index contributed by atoms with van der Waals surface area (Å²) in [7, 11) is 1.54. The molecule has 200 valence electrons. The Morgan fingerprint density at radius 2 is 2.03 bits per heavy atom. The van der Waals surface area contributed by atoms with Gasteiger partial charge in [0.2, 0.25) is 5.91 Å². The van der Waals surface area contributed by atoms with Crippen molar-refractivity contribution in [2.24, 2.45) is 5.92 Å². The summed E-state index contributed by atoms with van der Waals surface area (Å²) in [6.07, 6.45) is 2.35. The fourth-order valence-electron chi connectivity index (χ4n) is 3.81. The summed E-state index contributed by atoms with van der Waals surface area (Å²) in [6, 6.07) is 3.67. The lowest BCUT2D eigenvalue weighted by atomic mass is 10.0. The molecule has 38 heavy (non-hydrogen) atoms. The van der Waals surface area contributed by atoms with Gasteiger partial charge in [-0.15, -0.1) is 3.89 Å². The molecule has 1 fully saturated rings. The number of nitrogens with zero attached hydrogens (tertiary/aromatic N) is 5. The Morgan fingerprint density at radius 1 is 1.34 bits per heavy atom. The molecule has 0 aliphatic carbocycles. The highest BCUT2D eigenvalue weighted by Gasteiger charge is 2.34. The summed E-state index contributed by atoms with van der Waals surface area (Å²) in [5.41, 5.74) is -0.363. The Hall–Kier alpha value is -3.76. The van der Waals surface area contributed by atoms with Crippen molar-refractivity contribution in [1.29, 1.82) is 10.7 Å². The van der Waals surface area contributed by atoms with Crippen molar-refractivity contribution in [3.8, 4) is 6.07 Å². The summed E-state index contributed by atoms with van der Waals surface area (Å²) < 4.78 is 29.2. The van der Waals surface area contributed by atoms with Crippen LogP contribution in [0.4, 0.5) is 14.0 Å². The van der Waals surface area contributed by atoms with Crippen molar-refractivity contribution in [3.63, 3.8) is 0 Å². The first-order valence-corrected chi connectivity index (χ1v) is 12.7. The maximum atomic E-state index is 14.7. The van der Waals surface area contributed by atoms with Crippen molar-refractivity contribution in [1.82, 2.24) is 24.2 Å². The van der Waals surface area contributed by atoms with E-state index in [9.17, 15) is 17.9 Å². The molecular formula is C24H25ClF2N8O2S. The molecule has 0 spiro atoms. The first-order chi connectivity index (χ1) is 18.2. The van der Waals surface area contributed by atoms with Gasteiger partial charge in [-0.05, 0) is 19.1 Å². The maximum absolute atomic E-state index is 14.7. The second kappa shape index (κ2) is 12.2. The maximum Gasteiger partial charge on any atom is 0.255 e. The number of benzene rings is 1. The fraction of sp³-hybridized carbons (Fsp3) is 0.333.